The van der Waals surface area contributed by atoms with Crippen molar-refractivity contribution in [3.05, 3.63) is 35.9 Å². The first-order chi connectivity index (χ1) is 10.1. The normalized spacial score (nSPS) is 14.6. The maximum atomic E-state index is 5.83. The fraction of sp³-hybridized carbons (Fsp3) is 0.375. The van der Waals surface area contributed by atoms with Crippen LogP contribution < -0.4 is 10.5 Å². The largest absolute Gasteiger partial charge is 0.476 e. The number of hydrogen-bond donors (Lipinski definition) is 1. The summed E-state index contributed by atoms with van der Waals surface area (Å²) in [5.41, 5.74) is 7.39. The van der Waals surface area contributed by atoms with Crippen LogP contribution in [0, 0.1) is 0 Å². The van der Waals surface area contributed by atoms with E-state index in [4.69, 9.17) is 22.7 Å². The molecule has 1 saturated carbocycles. The summed E-state index contributed by atoms with van der Waals surface area (Å²) in [6.07, 6.45) is 2.59. The third kappa shape index (κ3) is 3.31. The first-order valence-corrected chi connectivity index (χ1v) is 7.58. The second-order valence-electron chi connectivity index (χ2n) is 5.46. The van der Waals surface area contributed by atoms with Gasteiger partial charge in [0, 0.05) is 18.0 Å². The molecular formula is C16H19N3OS. The van der Waals surface area contributed by atoms with E-state index in [9.17, 15) is 0 Å². The van der Waals surface area contributed by atoms with Crippen molar-refractivity contribution in [3.63, 3.8) is 0 Å². The van der Waals surface area contributed by atoms with Crippen LogP contribution in [0.15, 0.2) is 30.3 Å². The van der Waals surface area contributed by atoms with Crippen LogP contribution in [0.5, 0.6) is 5.88 Å². The van der Waals surface area contributed by atoms with E-state index in [0.717, 1.165) is 23.5 Å². The van der Waals surface area contributed by atoms with Crippen molar-refractivity contribution >= 4 is 28.1 Å². The highest BCUT2D eigenvalue weighted by Crippen LogP contribution is 2.25. The Morgan fingerprint density at radius 1 is 1.43 bits per heavy atom. The minimum atomic E-state index is 0.318. The zero-order chi connectivity index (χ0) is 14.8. The Kier molecular flexibility index (Phi) is 4.03. The number of hydrogen-bond acceptors (Lipinski definition) is 4. The van der Waals surface area contributed by atoms with E-state index in [1.807, 2.05) is 30.3 Å². The minimum absolute atomic E-state index is 0.318. The van der Waals surface area contributed by atoms with Gasteiger partial charge < -0.3 is 15.4 Å². The van der Waals surface area contributed by atoms with E-state index < -0.39 is 0 Å². The molecule has 1 aliphatic carbocycles. The molecule has 0 unspecified atom stereocenters. The van der Waals surface area contributed by atoms with Crippen LogP contribution in [0.2, 0.25) is 0 Å². The molecule has 0 spiro atoms. The summed E-state index contributed by atoms with van der Waals surface area (Å²) in [7, 11) is 2.13. The van der Waals surface area contributed by atoms with Gasteiger partial charge in [0.15, 0.2) is 0 Å². The highest BCUT2D eigenvalue weighted by Gasteiger charge is 2.25. The molecule has 0 amide bonds. The lowest BCUT2D eigenvalue weighted by Gasteiger charge is -2.16. The van der Waals surface area contributed by atoms with Gasteiger partial charge in [0.25, 0.3) is 0 Å². The van der Waals surface area contributed by atoms with Crippen LogP contribution >= 0.6 is 12.2 Å². The third-order valence-electron chi connectivity index (χ3n) is 3.81. The highest BCUT2D eigenvalue weighted by atomic mass is 32.1. The number of benzene rings is 1. The molecule has 1 heterocycles. The van der Waals surface area contributed by atoms with Gasteiger partial charge in [-0.3, -0.25) is 0 Å². The number of aromatic nitrogens is 1. The Morgan fingerprint density at radius 2 is 2.19 bits per heavy atom. The molecule has 5 heteroatoms. The van der Waals surface area contributed by atoms with Crippen molar-refractivity contribution in [1.82, 2.24) is 9.88 Å². The van der Waals surface area contributed by atoms with Gasteiger partial charge in [-0.15, -0.1) is 0 Å². The summed E-state index contributed by atoms with van der Waals surface area (Å²) >= 11 is 5.11. The van der Waals surface area contributed by atoms with Crippen molar-refractivity contribution in [2.24, 2.45) is 5.73 Å². The lowest BCUT2D eigenvalue weighted by atomic mass is 10.1. The Bertz CT molecular complexity index is 670. The average Bonchev–Trinajstić information content (AvgIpc) is 3.30. The molecule has 0 bridgehead atoms. The van der Waals surface area contributed by atoms with Crippen molar-refractivity contribution in [3.8, 4) is 5.88 Å². The summed E-state index contributed by atoms with van der Waals surface area (Å²) < 4.78 is 5.83. The standard InChI is InChI=1S/C16H19N3OS/c1-19(12-6-7-12)8-9-20-16-13(15(17)21)10-11-4-2-3-5-14(11)18-16/h2-5,10,12H,6-9H2,1H3,(H2,17,21). The molecule has 110 valence electrons. The minimum Gasteiger partial charge on any atom is -0.476 e. The van der Waals surface area contributed by atoms with Crippen LogP contribution in [-0.4, -0.2) is 41.1 Å². The zero-order valence-corrected chi connectivity index (χ0v) is 12.9. The summed E-state index contributed by atoms with van der Waals surface area (Å²) in [5.74, 6) is 0.533. The van der Waals surface area contributed by atoms with Gasteiger partial charge in [0.05, 0.1) is 11.1 Å². The van der Waals surface area contributed by atoms with Gasteiger partial charge >= 0.3 is 0 Å². The number of likely N-dealkylation sites (N-methyl/N-ethyl adjacent to an activating group) is 1. The van der Waals surface area contributed by atoms with Crippen LogP contribution in [-0.2, 0) is 0 Å². The van der Waals surface area contributed by atoms with Gasteiger partial charge in [-0.2, -0.15) is 0 Å². The van der Waals surface area contributed by atoms with Crippen molar-refractivity contribution in [2.45, 2.75) is 18.9 Å². The Hall–Kier alpha value is -1.72. The van der Waals surface area contributed by atoms with Gasteiger partial charge in [0.1, 0.15) is 11.6 Å². The van der Waals surface area contributed by atoms with Gasteiger partial charge in [-0.1, -0.05) is 30.4 Å². The molecule has 3 rings (SSSR count). The lowest BCUT2D eigenvalue weighted by molar-refractivity contribution is 0.226. The predicted molar refractivity (Wildman–Crippen MR) is 88.8 cm³/mol. The second kappa shape index (κ2) is 5.95. The summed E-state index contributed by atoms with van der Waals surface area (Å²) in [6, 6.07) is 10.6. The number of ether oxygens (including phenoxy) is 1. The van der Waals surface area contributed by atoms with E-state index in [1.165, 1.54) is 12.8 Å². The van der Waals surface area contributed by atoms with Crippen molar-refractivity contribution in [1.29, 1.82) is 0 Å². The molecule has 0 saturated heterocycles. The predicted octanol–water partition coefficient (Wildman–Crippen LogP) is 2.34. The average molecular weight is 301 g/mol. The number of nitrogens with zero attached hydrogens (tertiary/aromatic N) is 2. The third-order valence-corrected chi connectivity index (χ3v) is 4.03. The first-order valence-electron chi connectivity index (χ1n) is 7.18. The smallest absolute Gasteiger partial charge is 0.224 e. The summed E-state index contributed by atoms with van der Waals surface area (Å²) in [4.78, 5) is 7.18. The van der Waals surface area contributed by atoms with Gasteiger partial charge in [0.2, 0.25) is 5.88 Å². The van der Waals surface area contributed by atoms with Crippen LogP contribution in [0.3, 0.4) is 0 Å². The molecule has 0 aliphatic heterocycles. The number of pyridine rings is 1. The van der Waals surface area contributed by atoms with Crippen LogP contribution in [0.4, 0.5) is 0 Å². The second-order valence-corrected chi connectivity index (χ2v) is 5.90. The van der Waals surface area contributed by atoms with E-state index in [1.54, 1.807) is 0 Å². The van der Waals surface area contributed by atoms with E-state index in [0.29, 0.717) is 23.0 Å². The Morgan fingerprint density at radius 3 is 2.90 bits per heavy atom. The molecule has 1 aromatic heterocycles. The number of rotatable bonds is 6. The highest BCUT2D eigenvalue weighted by molar-refractivity contribution is 7.80. The number of para-hydroxylation sites is 1. The molecule has 21 heavy (non-hydrogen) atoms. The molecule has 4 nitrogen and oxygen atoms in total. The first kappa shape index (κ1) is 14.2. The van der Waals surface area contributed by atoms with E-state index >= 15 is 0 Å². The molecule has 1 aromatic carbocycles. The molecule has 0 atom stereocenters. The lowest BCUT2D eigenvalue weighted by Crippen LogP contribution is -2.26. The maximum Gasteiger partial charge on any atom is 0.224 e. The fourth-order valence-corrected chi connectivity index (χ4v) is 2.52. The fourth-order valence-electron chi connectivity index (χ4n) is 2.37. The SMILES string of the molecule is CN(CCOc1nc2ccccc2cc1C(N)=S)C1CC1. The summed E-state index contributed by atoms with van der Waals surface area (Å²) in [6.45, 7) is 1.48. The maximum absolute atomic E-state index is 5.83. The molecule has 1 aliphatic rings. The van der Waals surface area contributed by atoms with Crippen LogP contribution in [0.25, 0.3) is 10.9 Å². The number of fused-ring (bicyclic) bond motifs is 1. The molecular weight excluding hydrogens is 282 g/mol. The summed E-state index contributed by atoms with van der Waals surface area (Å²) in [5, 5.41) is 1.02. The zero-order valence-electron chi connectivity index (χ0n) is 12.1. The van der Waals surface area contributed by atoms with E-state index in [2.05, 4.69) is 16.9 Å². The Labute approximate surface area is 129 Å². The van der Waals surface area contributed by atoms with Crippen molar-refractivity contribution in [2.75, 3.05) is 20.2 Å². The van der Waals surface area contributed by atoms with Gasteiger partial charge in [-0.05, 0) is 32.0 Å². The Balaban J connectivity index is 1.78. The molecule has 2 aromatic rings. The molecule has 0 radical (unpaired) electrons. The number of thiocarbonyl (C=S) groups is 1. The molecule has 2 N–H and O–H groups in total. The van der Waals surface area contributed by atoms with Gasteiger partial charge in [-0.25, -0.2) is 4.98 Å². The molecule has 1 fully saturated rings. The van der Waals surface area contributed by atoms with E-state index in [-0.39, 0.29) is 0 Å². The van der Waals surface area contributed by atoms with Crippen molar-refractivity contribution < 1.29 is 4.74 Å². The quantitative estimate of drug-likeness (QED) is 0.830. The van der Waals surface area contributed by atoms with Crippen LogP contribution in [0.1, 0.15) is 18.4 Å². The number of nitrogens with two attached hydrogens (primary N) is 1. The monoisotopic (exact) mass is 301 g/mol. The topological polar surface area (TPSA) is 51.4 Å².